The van der Waals surface area contributed by atoms with Crippen molar-refractivity contribution in [2.75, 3.05) is 13.7 Å². The number of rotatable bonds is 9. The van der Waals surface area contributed by atoms with Gasteiger partial charge in [0.25, 0.3) is 0 Å². The lowest BCUT2D eigenvalue weighted by Gasteiger charge is -2.24. The number of aromatic nitrogens is 1. The number of carbonyl (C=O) groups excluding carboxylic acids is 1. The fourth-order valence-electron chi connectivity index (χ4n) is 4.43. The van der Waals surface area contributed by atoms with E-state index < -0.39 is 27.8 Å². The van der Waals surface area contributed by atoms with Crippen molar-refractivity contribution in [3.05, 3.63) is 95.7 Å². The van der Waals surface area contributed by atoms with Gasteiger partial charge in [0.2, 0.25) is 10.0 Å². The minimum absolute atomic E-state index is 0.0509. The first-order chi connectivity index (χ1) is 18.9. The minimum atomic E-state index is -3.87. The molecule has 0 aliphatic rings. The summed E-state index contributed by atoms with van der Waals surface area (Å²) in [6.07, 6.45) is 0.111. The SMILES string of the molecule is COc1ccc(CN(CCC(O)c2cn(C(=O)OC(C)(C)C)c3ccccc23)S(=O)(=O)c2ccc(C)cc2)cc1. The quantitative estimate of drug-likeness (QED) is 0.266. The van der Waals surface area contributed by atoms with Crippen molar-refractivity contribution in [1.82, 2.24) is 8.87 Å². The number of aliphatic hydroxyl groups is 1. The summed E-state index contributed by atoms with van der Waals surface area (Å²) in [4.78, 5) is 13.1. The minimum Gasteiger partial charge on any atom is -0.497 e. The highest BCUT2D eigenvalue weighted by Gasteiger charge is 2.27. The number of methoxy groups -OCH3 is 1. The summed E-state index contributed by atoms with van der Waals surface area (Å²) in [7, 11) is -2.30. The number of ether oxygens (including phenoxy) is 2. The molecule has 0 fully saturated rings. The Morgan fingerprint density at radius 3 is 2.27 bits per heavy atom. The predicted octanol–water partition coefficient (Wildman–Crippen LogP) is 6.06. The molecule has 0 saturated carbocycles. The second-order valence-corrected chi connectivity index (χ2v) is 12.7. The molecule has 1 heterocycles. The molecule has 212 valence electrons. The highest BCUT2D eigenvalue weighted by molar-refractivity contribution is 7.89. The van der Waals surface area contributed by atoms with Crippen molar-refractivity contribution < 1.29 is 27.8 Å². The summed E-state index contributed by atoms with van der Waals surface area (Å²) in [5.74, 6) is 0.675. The molecule has 9 heteroatoms. The van der Waals surface area contributed by atoms with Crippen LogP contribution in [0.2, 0.25) is 0 Å². The number of carbonyl (C=O) groups is 1. The van der Waals surface area contributed by atoms with Crippen LogP contribution in [0.4, 0.5) is 4.79 Å². The summed E-state index contributed by atoms with van der Waals surface area (Å²) in [5, 5.41) is 12.0. The molecule has 0 radical (unpaired) electrons. The molecule has 0 saturated heterocycles. The van der Waals surface area contributed by atoms with E-state index in [1.807, 2.05) is 37.3 Å². The number of aliphatic hydroxyl groups excluding tert-OH is 1. The van der Waals surface area contributed by atoms with E-state index in [9.17, 15) is 18.3 Å². The molecular weight excluding hydrogens is 528 g/mol. The first kappa shape index (κ1) is 29.3. The van der Waals surface area contributed by atoms with Gasteiger partial charge in [-0.15, -0.1) is 0 Å². The standard InChI is InChI=1S/C31H36N2O6S/c1-22-10-16-25(17-11-22)40(36,37)32(20-23-12-14-24(38-5)15-13-23)19-18-29(34)27-21-33(30(35)39-31(2,3)4)28-9-7-6-8-26(27)28/h6-17,21,29,34H,18-20H2,1-5H3. The number of hydrogen-bond acceptors (Lipinski definition) is 6. The summed E-state index contributed by atoms with van der Waals surface area (Å²) < 4.78 is 41.0. The Labute approximate surface area is 235 Å². The van der Waals surface area contributed by atoms with Crippen LogP contribution < -0.4 is 4.74 Å². The van der Waals surface area contributed by atoms with Gasteiger partial charge >= 0.3 is 6.09 Å². The van der Waals surface area contributed by atoms with Gasteiger partial charge in [-0.1, -0.05) is 48.0 Å². The van der Waals surface area contributed by atoms with Crippen molar-refractivity contribution in [2.24, 2.45) is 0 Å². The molecule has 1 unspecified atom stereocenters. The van der Waals surface area contributed by atoms with E-state index in [4.69, 9.17) is 9.47 Å². The van der Waals surface area contributed by atoms with Crippen LogP contribution in [0.3, 0.4) is 0 Å². The van der Waals surface area contributed by atoms with E-state index in [1.165, 1.54) is 8.87 Å². The molecule has 0 spiro atoms. The third-order valence-corrected chi connectivity index (χ3v) is 8.38. The van der Waals surface area contributed by atoms with Gasteiger partial charge in [-0.05, 0) is 70.0 Å². The predicted molar refractivity (Wildman–Crippen MR) is 155 cm³/mol. The summed E-state index contributed by atoms with van der Waals surface area (Å²) >= 11 is 0. The van der Waals surface area contributed by atoms with Crippen LogP contribution in [0.1, 0.15) is 50.0 Å². The lowest BCUT2D eigenvalue weighted by molar-refractivity contribution is 0.0543. The second-order valence-electron chi connectivity index (χ2n) is 10.8. The van der Waals surface area contributed by atoms with Crippen LogP contribution in [-0.4, -0.2) is 47.7 Å². The Kier molecular flexibility index (Phi) is 8.68. The number of aryl methyl sites for hydroxylation is 1. The van der Waals surface area contributed by atoms with E-state index in [2.05, 4.69) is 0 Å². The molecule has 8 nitrogen and oxygen atoms in total. The maximum absolute atomic E-state index is 13.7. The van der Waals surface area contributed by atoms with E-state index in [0.717, 1.165) is 11.1 Å². The molecule has 3 aromatic carbocycles. The summed E-state index contributed by atoms with van der Waals surface area (Å²) in [5.41, 5.74) is 2.18. The largest absolute Gasteiger partial charge is 0.497 e. The highest BCUT2D eigenvalue weighted by atomic mass is 32.2. The Bertz CT molecular complexity index is 1570. The van der Waals surface area contributed by atoms with Crippen LogP contribution >= 0.6 is 0 Å². The molecule has 1 atom stereocenters. The molecule has 4 aromatic rings. The number of hydrogen-bond donors (Lipinski definition) is 1. The zero-order valence-corrected chi connectivity index (χ0v) is 24.3. The average molecular weight is 565 g/mol. The normalized spacial score (nSPS) is 13.0. The first-order valence-electron chi connectivity index (χ1n) is 13.1. The molecular formula is C31H36N2O6S. The lowest BCUT2D eigenvalue weighted by Crippen LogP contribution is -2.32. The average Bonchev–Trinajstić information content (AvgIpc) is 3.30. The zero-order valence-electron chi connectivity index (χ0n) is 23.5. The number of sulfonamides is 1. The van der Waals surface area contributed by atoms with Crippen molar-refractivity contribution in [3.63, 3.8) is 0 Å². The van der Waals surface area contributed by atoms with Crippen LogP contribution in [-0.2, 0) is 21.3 Å². The molecule has 40 heavy (non-hydrogen) atoms. The Morgan fingerprint density at radius 1 is 1.00 bits per heavy atom. The molecule has 1 aromatic heterocycles. The number of fused-ring (bicyclic) bond motifs is 1. The van der Waals surface area contributed by atoms with Crippen LogP contribution in [0.15, 0.2) is 83.9 Å². The third-order valence-electron chi connectivity index (χ3n) is 6.52. The van der Waals surface area contributed by atoms with Gasteiger partial charge in [0, 0.05) is 30.2 Å². The third kappa shape index (κ3) is 6.72. The molecule has 0 amide bonds. The van der Waals surface area contributed by atoms with Crippen molar-refractivity contribution >= 4 is 27.0 Å². The van der Waals surface area contributed by atoms with E-state index in [1.54, 1.807) is 76.5 Å². The monoisotopic (exact) mass is 564 g/mol. The maximum atomic E-state index is 13.7. The Hall–Kier alpha value is -3.66. The Morgan fingerprint density at radius 2 is 1.65 bits per heavy atom. The van der Waals surface area contributed by atoms with Gasteiger partial charge < -0.3 is 14.6 Å². The van der Waals surface area contributed by atoms with Gasteiger partial charge in [0.1, 0.15) is 11.4 Å². The molecule has 4 rings (SSSR count). The topological polar surface area (TPSA) is 98.1 Å². The van der Waals surface area contributed by atoms with Gasteiger partial charge in [-0.25, -0.2) is 13.2 Å². The molecule has 0 bridgehead atoms. The van der Waals surface area contributed by atoms with Crippen LogP contribution in [0.25, 0.3) is 10.9 Å². The first-order valence-corrected chi connectivity index (χ1v) is 14.5. The highest BCUT2D eigenvalue weighted by Crippen LogP contribution is 2.30. The van der Waals surface area contributed by atoms with E-state index in [-0.39, 0.29) is 24.4 Å². The number of nitrogens with zero attached hydrogens (tertiary/aromatic N) is 2. The Balaban J connectivity index is 1.63. The number of para-hydroxylation sites is 1. The molecule has 0 aliphatic carbocycles. The van der Waals surface area contributed by atoms with Crippen LogP contribution in [0.5, 0.6) is 5.75 Å². The van der Waals surface area contributed by atoms with Gasteiger partial charge in [-0.2, -0.15) is 4.31 Å². The lowest BCUT2D eigenvalue weighted by atomic mass is 10.1. The van der Waals surface area contributed by atoms with Gasteiger partial charge in [-0.3, -0.25) is 4.57 Å². The maximum Gasteiger partial charge on any atom is 0.419 e. The van der Waals surface area contributed by atoms with Gasteiger partial charge in [0.15, 0.2) is 0 Å². The smallest absolute Gasteiger partial charge is 0.419 e. The molecule has 0 aliphatic heterocycles. The molecule has 1 N–H and O–H groups in total. The summed E-state index contributed by atoms with van der Waals surface area (Å²) in [6.45, 7) is 7.44. The van der Waals surface area contributed by atoms with Gasteiger partial charge in [0.05, 0.1) is 23.6 Å². The van der Waals surface area contributed by atoms with E-state index >= 15 is 0 Å². The summed E-state index contributed by atoms with van der Waals surface area (Å²) in [6, 6.07) is 21.2. The van der Waals surface area contributed by atoms with Crippen molar-refractivity contribution in [3.8, 4) is 5.75 Å². The van der Waals surface area contributed by atoms with E-state index in [0.29, 0.717) is 22.2 Å². The fourth-order valence-corrected chi connectivity index (χ4v) is 5.88. The van der Waals surface area contributed by atoms with Crippen molar-refractivity contribution in [2.45, 2.75) is 57.3 Å². The fraction of sp³-hybridized carbons (Fsp3) is 0.323. The van der Waals surface area contributed by atoms with Crippen molar-refractivity contribution in [1.29, 1.82) is 0 Å². The number of benzene rings is 3. The van der Waals surface area contributed by atoms with Crippen LogP contribution in [0, 0.1) is 6.92 Å². The zero-order chi connectivity index (χ0) is 29.1. The second kappa shape index (κ2) is 11.8.